The first kappa shape index (κ1) is 17.0. The Labute approximate surface area is 159 Å². The third kappa shape index (κ3) is 3.32. The average molecular weight is 383 g/mol. The van der Waals surface area contributed by atoms with E-state index in [9.17, 15) is 14.9 Å². The van der Waals surface area contributed by atoms with Gasteiger partial charge in [0.1, 0.15) is 5.70 Å². The second kappa shape index (κ2) is 6.69. The maximum absolute atomic E-state index is 12.7. The highest BCUT2D eigenvalue weighted by Crippen LogP contribution is 2.33. The summed E-state index contributed by atoms with van der Waals surface area (Å²) in [4.78, 5) is 24.5. The van der Waals surface area contributed by atoms with Gasteiger partial charge in [-0.1, -0.05) is 18.2 Å². The van der Waals surface area contributed by atoms with Gasteiger partial charge >= 0.3 is 0 Å². The number of nitrogens with one attached hydrogen (secondary N) is 1. The minimum atomic E-state index is -0.484. The van der Waals surface area contributed by atoms with Crippen LogP contribution >= 0.6 is 12.2 Å². The van der Waals surface area contributed by atoms with E-state index in [-0.39, 0.29) is 35.7 Å². The second-order valence-electron chi connectivity index (χ2n) is 5.92. The highest BCUT2D eigenvalue weighted by molar-refractivity contribution is 7.80. The van der Waals surface area contributed by atoms with E-state index in [4.69, 9.17) is 21.7 Å². The molecule has 0 unspecified atom stereocenters. The zero-order valence-corrected chi connectivity index (χ0v) is 14.7. The van der Waals surface area contributed by atoms with Crippen LogP contribution in [-0.4, -0.2) is 27.6 Å². The number of rotatable bonds is 4. The Bertz CT molecular complexity index is 1000. The summed E-state index contributed by atoms with van der Waals surface area (Å²) >= 11 is 5.27. The van der Waals surface area contributed by atoms with Gasteiger partial charge in [-0.25, -0.2) is 0 Å². The molecule has 1 N–H and O–H groups in total. The molecule has 136 valence electrons. The van der Waals surface area contributed by atoms with Crippen molar-refractivity contribution in [1.29, 1.82) is 0 Å². The third-order valence-electron chi connectivity index (χ3n) is 4.13. The van der Waals surface area contributed by atoms with Gasteiger partial charge in [0.05, 0.1) is 11.5 Å². The monoisotopic (exact) mass is 383 g/mol. The number of ether oxygens (including phenoxy) is 2. The molecule has 0 saturated carbocycles. The Morgan fingerprint density at radius 1 is 1.22 bits per heavy atom. The van der Waals surface area contributed by atoms with Crippen LogP contribution in [0.3, 0.4) is 0 Å². The number of nitro benzene ring substituents is 1. The van der Waals surface area contributed by atoms with E-state index in [0.717, 1.165) is 5.56 Å². The number of nitrogens with zero attached hydrogens (tertiary/aromatic N) is 2. The lowest BCUT2D eigenvalue weighted by atomic mass is 10.1. The van der Waals surface area contributed by atoms with E-state index in [2.05, 4.69) is 5.32 Å². The zero-order chi connectivity index (χ0) is 19.0. The Morgan fingerprint density at radius 2 is 2.04 bits per heavy atom. The van der Waals surface area contributed by atoms with E-state index >= 15 is 0 Å². The molecule has 2 aromatic carbocycles. The Balaban J connectivity index is 1.55. The van der Waals surface area contributed by atoms with Gasteiger partial charge in [-0.15, -0.1) is 0 Å². The SMILES string of the molecule is O=C1C(=Cc2cccc([N+](=O)[O-])c2)NC(=S)N1Cc1ccc2c(c1)OCO2. The normalized spacial score (nSPS) is 16.7. The van der Waals surface area contributed by atoms with E-state index in [1.807, 2.05) is 6.07 Å². The van der Waals surface area contributed by atoms with Gasteiger partial charge in [-0.05, 0) is 41.6 Å². The van der Waals surface area contributed by atoms with Crippen LogP contribution in [0.4, 0.5) is 5.69 Å². The molecule has 4 rings (SSSR count). The first-order chi connectivity index (χ1) is 13.0. The average Bonchev–Trinajstić information content (AvgIpc) is 3.22. The predicted molar refractivity (Wildman–Crippen MR) is 99.9 cm³/mol. The lowest BCUT2D eigenvalue weighted by molar-refractivity contribution is -0.384. The topological polar surface area (TPSA) is 93.9 Å². The highest BCUT2D eigenvalue weighted by atomic mass is 32.1. The summed E-state index contributed by atoms with van der Waals surface area (Å²) in [7, 11) is 0. The number of carbonyl (C=O) groups excluding carboxylic acids is 1. The van der Waals surface area contributed by atoms with Crippen molar-refractivity contribution in [1.82, 2.24) is 10.2 Å². The minimum Gasteiger partial charge on any atom is -0.454 e. The standard InChI is InChI=1S/C18H13N3O5S/c22-17-14(7-11-2-1-3-13(6-11)21(23)24)19-18(27)20(17)9-12-4-5-15-16(8-12)26-10-25-15/h1-8H,9-10H2,(H,19,27). The molecule has 2 heterocycles. The van der Waals surface area contributed by atoms with Crippen LogP contribution in [0.2, 0.25) is 0 Å². The van der Waals surface area contributed by atoms with Gasteiger partial charge in [0.2, 0.25) is 6.79 Å². The summed E-state index contributed by atoms with van der Waals surface area (Å²) in [6.07, 6.45) is 1.54. The number of amides is 1. The molecule has 1 amide bonds. The molecule has 8 nitrogen and oxygen atoms in total. The predicted octanol–water partition coefficient (Wildman–Crippen LogP) is 2.58. The number of thiocarbonyl (C=S) groups is 1. The van der Waals surface area contributed by atoms with Crippen molar-refractivity contribution < 1.29 is 19.2 Å². The van der Waals surface area contributed by atoms with Crippen LogP contribution in [0.15, 0.2) is 48.2 Å². The summed E-state index contributed by atoms with van der Waals surface area (Å²) < 4.78 is 10.6. The number of non-ortho nitro benzene ring substituents is 1. The first-order valence-corrected chi connectivity index (χ1v) is 8.39. The molecule has 2 aliphatic heterocycles. The molecule has 1 fully saturated rings. The fourth-order valence-corrected chi connectivity index (χ4v) is 3.09. The fourth-order valence-electron chi connectivity index (χ4n) is 2.83. The Morgan fingerprint density at radius 3 is 2.85 bits per heavy atom. The maximum atomic E-state index is 12.7. The van der Waals surface area contributed by atoms with Gasteiger partial charge in [0, 0.05) is 12.1 Å². The Hall–Kier alpha value is -3.46. The summed E-state index contributed by atoms with van der Waals surface area (Å²) in [5.74, 6) is 0.994. The molecule has 0 atom stereocenters. The van der Waals surface area contributed by atoms with E-state index in [0.29, 0.717) is 17.1 Å². The molecular weight excluding hydrogens is 370 g/mol. The largest absolute Gasteiger partial charge is 0.454 e. The quantitative estimate of drug-likeness (QED) is 0.375. The summed E-state index contributed by atoms with van der Waals surface area (Å²) in [5, 5.41) is 14.0. The third-order valence-corrected chi connectivity index (χ3v) is 4.45. The summed E-state index contributed by atoms with van der Waals surface area (Å²) in [6.45, 7) is 0.449. The van der Waals surface area contributed by atoms with Gasteiger partial charge in [-0.3, -0.25) is 19.8 Å². The Kier molecular flexibility index (Phi) is 4.21. The van der Waals surface area contributed by atoms with Crippen LogP contribution in [0.1, 0.15) is 11.1 Å². The van der Waals surface area contributed by atoms with E-state index in [1.165, 1.54) is 17.0 Å². The first-order valence-electron chi connectivity index (χ1n) is 7.99. The molecule has 0 aromatic heterocycles. The number of hydrogen-bond acceptors (Lipinski definition) is 6. The van der Waals surface area contributed by atoms with Gasteiger partial charge in [0.25, 0.3) is 11.6 Å². The van der Waals surface area contributed by atoms with E-state index < -0.39 is 4.92 Å². The van der Waals surface area contributed by atoms with Crippen molar-refractivity contribution in [2.75, 3.05) is 6.79 Å². The van der Waals surface area contributed by atoms with Crippen molar-refractivity contribution in [3.05, 3.63) is 69.4 Å². The highest BCUT2D eigenvalue weighted by Gasteiger charge is 2.31. The number of fused-ring (bicyclic) bond motifs is 1. The van der Waals surface area contributed by atoms with E-state index in [1.54, 1.807) is 30.3 Å². The maximum Gasteiger partial charge on any atom is 0.276 e. The van der Waals surface area contributed by atoms with Crippen LogP contribution < -0.4 is 14.8 Å². The van der Waals surface area contributed by atoms with Crippen molar-refractivity contribution in [3.8, 4) is 11.5 Å². The van der Waals surface area contributed by atoms with Crippen LogP contribution in [0, 0.1) is 10.1 Å². The van der Waals surface area contributed by atoms with Gasteiger partial charge in [0.15, 0.2) is 16.6 Å². The smallest absolute Gasteiger partial charge is 0.276 e. The van der Waals surface area contributed by atoms with Gasteiger partial charge in [-0.2, -0.15) is 0 Å². The molecule has 2 aliphatic rings. The molecule has 2 aromatic rings. The molecule has 1 saturated heterocycles. The number of hydrogen-bond donors (Lipinski definition) is 1. The van der Waals surface area contributed by atoms with Crippen molar-refractivity contribution in [2.24, 2.45) is 0 Å². The second-order valence-corrected chi connectivity index (χ2v) is 6.31. The molecule has 0 aliphatic carbocycles. The molecule has 0 bridgehead atoms. The zero-order valence-electron chi connectivity index (χ0n) is 13.9. The number of carbonyl (C=O) groups is 1. The molecule has 0 radical (unpaired) electrons. The van der Waals surface area contributed by atoms with Gasteiger partial charge < -0.3 is 14.8 Å². The molecule has 9 heteroatoms. The van der Waals surface area contributed by atoms with Crippen LogP contribution in [-0.2, 0) is 11.3 Å². The molecule has 0 spiro atoms. The lowest BCUT2D eigenvalue weighted by Crippen LogP contribution is -2.29. The summed E-state index contributed by atoms with van der Waals surface area (Å²) in [6, 6.07) is 11.5. The summed E-state index contributed by atoms with van der Waals surface area (Å²) in [5.41, 5.74) is 1.59. The number of benzene rings is 2. The fraction of sp³-hybridized carbons (Fsp3) is 0.111. The van der Waals surface area contributed by atoms with Crippen molar-refractivity contribution in [2.45, 2.75) is 6.54 Å². The molecule has 27 heavy (non-hydrogen) atoms. The van der Waals surface area contributed by atoms with Crippen molar-refractivity contribution in [3.63, 3.8) is 0 Å². The lowest BCUT2D eigenvalue weighted by Gasteiger charge is -2.14. The van der Waals surface area contributed by atoms with Crippen molar-refractivity contribution >= 4 is 35.0 Å². The minimum absolute atomic E-state index is 0.0467. The number of nitro groups is 1. The van der Waals surface area contributed by atoms with Crippen LogP contribution in [0.25, 0.3) is 6.08 Å². The molecular formula is C18H13N3O5S. The van der Waals surface area contributed by atoms with Crippen LogP contribution in [0.5, 0.6) is 11.5 Å².